The SMILES string of the molecule is CC(C)[O][Al]1[O]c2ccc3ccccc3c2-c2c(ccc3ccccc23)[O]1.[H-].[Li+]. The third-order valence-electron chi connectivity index (χ3n) is 4.86. The standard InChI is InChI=1S/C20H14O2.C3H7O.Al.Li.H/c21-17-11-9-13-5-1-3-7-15(13)19(17)20-16-8-4-2-6-14(16)10-12-18(20)22;1-3(2)4;;;/h1-12,21-22H;3H,1-2H3;;;/q;-1;+3;+1;-1/p-2. The van der Waals surface area contributed by atoms with Crippen molar-refractivity contribution < 1.29 is 31.7 Å². The van der Waals surface area contributed by atoms with Crippen molar-refractivity contribution in [3.63, 3.8) is 0 Å². The normalized spacial score (nSPS) is 12.6. The van der Waals surface area contributed by atoms with Crippen LogP contribution in [-0.4, -0.2) is 21.3 Å². The molecule has 28 heavy (non-hydrogen) atoms. The van der Waals surface area contributed by atoms with E-state index < -0.39 is 15.1 Å². The zero-order valence-electron chi connectivity index (χ0n) is 17.3. The Morgan fingerprint density at radius 3 is 1.64 bits per heavy atom. The molecule has 5 rings (SSSR count). The van der Waals surface area contributed by atoms with E-state index in [0.29, 0.717) is 0 Å². The fourth-order valence-electron chi connectivity index (χ4n) is 3.72. The molecule has 0 bridgehead atoms. The Morgan fingerprint density at radius 2 is 1.18 bits per heavy atom. The van der Waals surface area contributed by atoms with E-state index in [1.807, 2.05) is 26.0 Å². The molecule has 0 saturated heterocycles. The fraction of sp³-hybridized carbons (Fsp3) is 0.130. The maximum absolute atomic E-state index is 6.30. The van der Waals surface area contributed by atoms with Crippen molar-refractivity contribution in [2.45, 2.75) is 20.0 Å². The Morgan fingerprint density at radius 1 is 0.714 bits per heavy atom. The summed E-state index contributed by atoms with van der Waals surface area (Å²) < 4.78 is 18.6. The first-order chi connectivity index (χ1) is 13.2. The molecule has 0 radical (unpaired) electrons. The zero-order chi connectivity index (χ0) is 18.4. The number of hydrogen-bond donors (Lipinski definition) is 0. The van der Waals surface area contributed by atoms with Gasteiger partial charge in [-0.1, -0.05) is 60.7 Å². The van der Waals surface area contributed by atoms with Gasteiger partial charge in [0.15, 0.2) is 0 Å². The smallest absolute Gasteiger partial charge is 1.00 e. The summed E-state index contributed by atoms with van der Waals surface area (Å²) >= 11 is -2.36. The van der Waals surface area contributed by atoms with E-state index >= 15 is 0 Å². The average Bonchev–Trinajstić information content (AvgIpc) is 2.83. The predicted molar refractivity (Wildman–Crippen MR) is 111 cm³/mol. The summed E-state index contributed by atoms with van der Waals surface area (Å²) in [6.45, 7) is 4.01. The topological polar surface area (TPSA) is 27.7 Å². The molecule has 0 saturated carbocycles. The summed E-state index contributed by atoms with van der Waals surface area (Å²) in [5, 5.41) is 4.69. The van der Waals surface area contributed by atoms with Gasteiger partial charge in [0.05, 0.1) is 11.5 Å². The van der Waals surface area contributed by atoms with E-state index in [2.05, 4.69) is 60.7 Å². The van der Waals surface area contributed by atoms with Gasteiger partial charge in [-0.15, -0.1) is 0 Å². The number of hydrogen-bond acceptors (Lipinski definition) is 3. The molecule has 0 aromatic heterocycles. The Balaban J connectivity index is 0.00000120. The van der Waals surface area contributed by atoms with Crippen molar-refractivity contribution >= 4 is 36.7 Å². The molecular formula is C23H20AlLiO3. The molecule has 0 unspecified atom stereocenters. The minimum absolute atomic E-state index is 0. The molecule has 0 aliphatic carbocycles. The summed E-state index contributed by atoms with van der Waals surface area (Å²) in [4.78, 5) is 0. The van der Waals surface area contributed by atoms with Crippen LogP contribution in [0.25, 0.3) is 32.7 Å². The largest absolute Gasteiger partial charge is 1.10 e. The summed E-state index contributed by atoms with van der Waals surface area (Å²) in [6, 6.07) is 25.1. The molecule has 1 aliphatic rings. The molecule has 1 aliphatic heterocycles. The van der Waals surface area contributed by atoms with Crippen LogP contribution >= 0.6 is 0 Å². The number of fused-ring (bicyclic) bond motifs is 7. The van der Waals surface area contributed by atoms with Gasteiger partial charge in [-0.25, -0.2) is 0 Å². The Hall–Kier alpha value is -1.91. The molecule has 134 valence electrons. The summed E-state index contributed by atoms with van der Waals surface area (Å²) in [5.41, 5.74) is 2.17. The van der Waals surface area contributed by atoms with E-state index in [1.54, 1.807) is 0 Å². The quantitative estimate of drug-likeness (QED) is 0.502. The first-order valence-electron chi connectivity index (χ1n) is 9.23. The van der Waals surface area contributed by atoms with Gasteiger partial charge in [0.25, 0.3) is 0 Å². The summed E-state index contributed by atoms with van der Waals surface area (Å²) in [6.07, 6.45) is 0.0487. The van der Waals surface area contributed by atoms with Crippen LogP contribution in [0.5, 0.6) is 11.5 Å². The van der Waals surface area contributed by atoms with Gasteiger partial charge in [0.2, 0.25) is 0 Å². The minimum atomic E-state index is -2.36. The Bertz CT molecular complexity index is 1080. The van der Waals surface area contributed by atoms with Gasteiger partial charge >= 0.3 is 34.0 Å². The second-order valence-electron chi connectivity index (χ2n) is 7.03. The van der Waals surface area contributed by atoms with Crippen LogP contribution in [0.2, 0.25) is 0 Å². The summed E-state index contributed by atoms with van der Waals surface area (Å²) in [7, 11) is 0. The molecular weight excluding hydrogens is 358 g/mol. The van der Waals surface area contributed by atoms with Gasteiger partial charge in [0.1, 0.15) is 0 Å². The second kappa shape index (κ2) is 7.84. The van der Waals surface area contributed by atoms with Gasteiger partial charge in [0, 0.05) is 17.2 Å². The molecule has 0 spiro atoms. The van der Waals surface area contributed by atoms with E-state index in [-0.39, 0.29) is 26.4 Å². The average molecular weight is 378 g/mol. The van der Waals surface area contributed by atoms with Gasteiger partial charge in [-0.05, 0) is 47.5 Å². The van der Waals surface area contributed by atoms with Crippen molar-refractivity contribution in [1.29, 1.82) is 0 Å². The van der Waals surface area contributed by atoms with Crippen LogP contribution in [0.4, 0.5) is 0 Å². The zero-order valence-corrected chi connectivity index (χ0v) is 17.5. The van der Waals surface area contributed by atoms with Crippen molar-refractivity contribution in [1.82, 2.24) is 0 Å². The molecule has 4 aromatic carbocycles. The van der Waals surface area contributed by atoms with E-state index in [4.69, 9.17) is 11.4 Å². The third-order valence-corrected chi connectivity index (χ3v) is 6.52. The van der Waals surface area contributed by atoms with Crippen LogP contribution in [0.3, 0.4) is 0 Å². The van der Waals surface area contributed by atoms with Gasteiger partial charge in [-0.3, -0.25) is 0 Å². The van der Waals surface area contributed by atoms with Crippen molar-refractivity contribution in [3.05, 3.63) is 72.8 Å². The van der Waals surface area contributed by atoms with Gasteiger partial charge in [-0.2, -0.15) is 0 Å². The second-order valence-corrected chi connectivity index (χ2v) is 8.35. The third kappa shape index (κ3) is 3.33. The maximum Gasteiger partial charge on any atom is 1.10 e. The molecule has 1 heterocycles. The van der Waals surface area contributed by atoms with E-state index in [0.717, 1.165) is 33.4 Å². The molecule has 0 atom stereocenters. The molecule has 4 aromatic rings. The Labute approximate surface area is 183 Å². The maximum atomic E-state index is 6.30. The summed E-state index contributed by atoms with van der Waals surface area (Å²) in [5.74, 6) is 1.67. The van der Waals surface area contributed by atoms with Crippen molar-refractivity contribution in [2.75, 3.05) is 0 Å². The molecule has 0 N–H and O–H groups in total. The fourth-order valence-corrected chi connectivity index (χ4v) is 5.14. The Kier molecular flexibility index (Phi) is 5.44. The monoisotopic (exact) mass is 378 g/mol. The molecule has 0 fully saturated rings. The van der Waals surface area contributed by atoms with E-state index in [1.165, 1.54) is 10.8 Å². The number of rotatable bonds is 2. The van der Waals surface area contributed by atoms with Crippen LogP contribution in [-0.2, 0) is 3.79 Å². The first kappa shape index (κ1) is 19.4. The van der Waals surface area contributed by atoms with Crippen LogP contribution in [0.15, 0.2) is 72.8 Å². The minimum Gasteiger partial charge on any atom is -1.00 e. The van der Waals surface area contributed by atoms with Crippen molar-refractivity contribution in [3.8, 4) is 22.6 Å². The number of benzene rings is 4. The molecule has 0 amide bonds. The molecule has 3 nitrogen and oxygen atoms in total. The van der Waals surface area contributed by atoms with Crippen LogP contribution < -0.4 is 26.4 Å². The van der Waals surface area contributed by atoms with Crippen molar-refractivity contribution in [2.24, 2.45) is 0 Å². The van der Waals surface area contributed by atoms with E-state index in [9.17, 15) is 0 Å². The van der Waals surface area contributed by atoms with Crippen LogP contribution in [0.1, 0.15) is 15.3 Å². The predicted octanol–water partition coefficient (Wildman–Crippen LogP) is 2.96. The van der Waals surface area contributed by atoms with Gasteiger partial charge < -0.3 is 12.8 Å². The first-order valence-corrected chi connectivity index (χ1v) is 10.6. The van der Waals surface area contributed by atoms with Crippen LogP contribution in [0, 0.1) is 0 Å². The molecule has 5 heteroatoms.